The first-order valence-corrected chi connectivity index (χ1v) is 6.93. The third-order valence-corrected chi connectivity index (χ3v) is 4.78. The molecule has 0 saturated carbocycles. The van der Waals surface area contributed by atoms with Crippen LogP contribution in [0.2, 0.25) is 0 Å². The van der Waals surface area contributed by atoms with E-state index < -0.39 is 0 Å². The Morgan fingerprint density at radius 2 is 2.25 bits per heavy atom. The number of nitrogens with zero attached hydrogens (tertiary/aromatic N) is 1. The van der Waals surface area contributed by atoms with Crippen LogP contribution in [0, 0.1) is 5.41 Å². The number of amidine groups is 1. The fraction of sp³-hybridized carbons (Fsp3) is 0.462. The Balaban J connectivity index is 1.74. The Morgan fingerprint density at radius 1 is 1.38 bits per heavy atom. The number of thioether (sulfide) groups is 1. The van der Waals surface area contributed by atoms with Crippen LogP contribution in [-0.4, -0.2) is 28.3 Å². The molecule has 0 spiro atoms. The van der Waals surface area contributed by atoms with E-state index in [1.165, 1.54) is 24.2 Å². The van der Waals surface area contributed by atoms with Crippen LogP contribution in [0.15, 0.2) is 24.3 Å². The Labute approximate surface area is 101 Å². The van der Waals surface area contributed by atoms with Gasteiger partial charge < -0.3 is 4.90 Å². The zero-order valence-corrected chi connectivity index (χ0v) is 10.1. The number of nitrogens with one attached hydrogen (secondary N) is 1. The van der Waals surface area contributed by atoms with Crippen molar-refractivity contribution < 1.29 is 0 Å². The average molecular weight is 232 g/mol. The molecule has 16 heavy (non-hydrogen) atoms. The Bertz CT molecular complexity index is 410. The van der Waals surface area contributed by atoms with Crippen LogP contribution in [0.1, 0.15) is 24.0 Å². The van der Waals surface area contributed by atoms with Crippen LogP contribution in [0.5, 0.6) is 0 Å². The third kappa shape index (κ3) is 1.73. The molecule has 0 radical (unpaired) electrons. The predicted molar refractivity (Wildman–Crippen MR) is 69.2 cm³/mol. The van der Waals surface area contributed by atoms with Gasteiger partial charge in [-0.15, -0.1) is 0 Å². The number of hydrogen-bond acceptors (Lipinski definition) is 2. The van der Waals surface area contributed by atoms with Crippen LogP contribution in [0.4, 0.5) is 0 Å². The van der Waals surface area contributed by atoms with E-state index >= 15 is 0 Å². The highest BCUT2D eigenvalue weighted by Gasteiger charge is 2.27. The topological polar surface area (TPSA) is 27.1 Å². The maximum Gasteiger partial charge on any atom is 0.128 e. The maximum atomic E-state index is 8.17. The molecule has 1 unspecified atom stereocenters. The van der Waals surface area contributed by atoms with E-state index in [1.54, 1.807) is 0 Å². The standard InChI is InChI=1S/C13H16N2S/c14-13-12-6-2-1-4-10(12)8-15(13)9-11-5-3-7-16-11/h1-2,4,6,11,14H,3,5,7-9H2. The van der Waals surface area contributed by atoms with E-state index in [-0.39, 0.29) is 0 Å². The second-order valence-electron chi connectivity index (χ2n) is 4.52. The minimum absolute atomic E-state index is 0.725. The molecule has 0 amide bonds. The van der Waals surface area contributed by atoms with Gasteiger partial charge >= 0.3 is 0 Å². The first-order valence-electron chi connectivity index (χ1n) is 5.88. The lowest BCUT2D eigenvalue weighted by Gasteiger charge is -2.21. The van der Waals surface area contributed by atoms with Gasteiger partial charge in [-0.1, -0.05) is 24.3 Å². The van der Waals surface area contributed by atoms with E-state index in [1.807, 2.05) is 6.07 Å². The van der Waals surface area contributed by atoms with Crippen molar-refractivity contribution in [3.63, 3.8) is 0 Å². The Hall–Kier alpha value is -0.960. The molecule has 1 aromatic carbocycles. The molecule has 2 nitrogen and oxygen atoms in total. The highest BCUT2D eigenvalue weighted by molar-refractivity contribution is 8.00. The summed E-state index contributed by atoms with van der Waals surface area (Å²) in [6.07, 6.45) is 2.67. The molecule has 84 valence electrons. The zero-order chi connectivity index (χ0) is 11.0. The molecule has 1 aromatic rings. The van der Waals surface area contributed by atoms with E-state index in [0.29, 0.717) is 0 Å². The molecular formula is C13H16N2S. The smallest absolute Gasteiger partial charge is 0.128 e. The molecule has 0 aromatic heterocycles. The Morgan fingerprint density at radius 3 is 3.00 bits per heavy atom. The van der Waals surface area contributed by atoms with Crippen molar-refractivity contribution >= 4 is 17.6 Å². The van der Waals surface area contributed by atoms with Crippen LogP contribution in [0.25, 0.3) is 0 Å². The monoisotopic (exact) mass is 232 g/mol. The summed E-state index contributed by atoms with van der Waals surface area (Å²) in [5.74, 6) is 2.03. The molecule has 1 saturated heterocycles. The molecule has 3 heteroatoms. The van der Waals surface area contributed by atoms with Crippen LogP contribution < -0.4 is 0 Å². The van der Waals surface area contributed by atoms with Crippen LogP contribution in [-0.2, 0) is 6.54 Å². The number of hydrogen-bond donors (Lipinski definition) is 1. The van der Waals surface area contributed by atoms with Gasteiger partial charge in [0, 0.05) is 23.9 Å². The van der Waals surface area contributed by atoms with E-state index in [2.05, 4.69) is 34.9 Å². The molecule has 1 atom stereocenters. The molecule has 1 N–H and O–H groups in total. The SMILES string of the molecule is N=C1c2ccccc2CN1CC1CCCS1. The normalized spacial score (nSPS) is 23.9. The van der Waals surface area contributed by atoms with Crippen molar-refractivity contribution in [2.24, 2.45) is 0 Å². The molecular weight excluding hydrogens is 216 g/mol. The minimum atomic E-state index is 0.725. The highest BCUT2D eigenvalue weighted by atomic mass is 32.2. The van der Waals surface area contributed by atoms with Crippen molar-refractivity contribution in [1.29, 1.82) is 5.41 Å². The number of fused-ring (bicyclic) bond motifs is 1. The summed E-state index contributed by atoms with van der Waals surface area (Å²) < 4.78 is 0. The van der Waals surface area contributed by atoms with Gasteiger partial charge in [0.25, 0.3) is 0 Å². The fourth-order valence-corrected chi connectivity index (χ4v) is 3.82. The summed E-state index contributed by atoms with van der Waals surface area (Å²) in [7, 11) is 0. The van der Waals surface area contributed by atoms with E-state index in [9.17, 15) is 0 Å². The van der Waals surface area contributed by atoms with Crippen LogP contribution >= 0.6 is 11.8 Å². The van der Waals surface area contributed by atoms with Crippen molar-refractivity contribution in [2.45, 2.75) is 24.6 Å². The van der Waals surface area contributed by atoms with Crippen molar-refractivity contribution in [1.82, 2.24) is 4.90 Å². The quantitative estimate of drug-likeness (QED) is 0.849. The van der Waals surface area contributed by atoms with Gasteiger partial charge in [0.05, 0.1) is 0 Å². The molecule has 2 heterocycles. The molecule has 2 aliphatic heterocycles. The lowest BCUT2D eigenvalue weighted by atomic mass is 10.1. The maximum absolute atomic E-state index is 8.17. The average Bonchev–Trinajstić information content (AvgIpc) is 2.90. The van der Waals surface area contributed by atoms with Crippen molar-refractivity contribution in [2.75, 3.05) is 12.3 Å². The first-order chi connectivity index (χ1) is 7.84. The van der Waals surface area contributed by atoms with E-state index in [0.717, 1.165) is 29.7 Å². The number of benzene rings is 1. The van der Waals surface area contributed by atoms with Gasteiger partial charge in [-0.25, -0.2) is 0 Å². The molecule has 0 aliphatic carbocycles. The van der Waals surface area contributed by atoms with Crippen molar-refractivity contribution in [3.8, 4) is 0 Å². The second-order valence-corrected chi connectivity index (χ2v) is 5.93. The fourth-order valence-electron chi connectivity index (χ4n) is 2.53. The molecule has 3 rings (SSSR count). The van der Waals surface area contributed by atoms with Gasteiger partial charge in [0.15, 0.2) is 0 Å². The summed E-state index contributed by atoms with van der Waals surface area (Å²) >= 11 is 2.07. The highest BCUT2D eigenvalue weighted by Crippen LogP contribution is 2.30. The zero-order valence-electron chi connectivity index (χ0n) is 9.28. The predicted octanol–water partition coefficient (Wildman–Crippen LogP) is 2.72. The second kappa shape index (κ2) is 4.13. The summed E-state index contributed by atoms with van der Waals surface area (Å²) in [6, 6.07) is 8.31. The Kier molecular flexibility index (Phi) is 2.64. The van der Waals surface area contributed by atoms with Gasteiger partial charge in [0.1, 0.15) is 5.84 Å². The number of rotatable bonds is 2. The lowest BCUT2D eigenvalue weighted by molar-refractivity contribution is 0.422. The summed E-state index contributed by atoms with van der Waals surface area (Å²) in [5.41, 5.74) is 2.45. The lowest BCUT2D eigenvalue weighted by Crippen LogP contribution is -2.30. The first kappa shape index (κ1) is 10.2. The van der Waals surface area contributed by atoms with Gasteiger partial charge in [-0.2, -0.15) is 11.8 Å². The summed E-state index contributed by atoms with van der Waals surface area (Å²) in [6.45, 7) is 1.99. The molecule has 2 aliphatic rings. The minimum Gasteiger partial charge on any atom is -0.351 e. The van der Waals surface area contributed by atoms with Gasteiger partial charge in [0.2, 0.25) is 0 Å². The van der Waals surface area contributed by atoms with Crippen LogP contribution in [0.3, 0.4) is 0 Å². The third-order valence-electron chi connectivity index (χ3n) is 3.40. The largest absolute Gasteiger partial charge is 0.351 e. The summed E-state index contributed by atoms with van der Waals surface area (Å²) in [5, 5.41) is 8.91. The van der Waals surface area contributed by atoms with Crippen molar-refractivity contribution in [3.05, 3.63) is 35.4 Å². The van der Waals surface area contributed by atoms with E-state index in [4.69, 9.17) is 5.41 Å². The van der Waals surface area contributed by atoms with Gasteiger partial charge in [-0.05, 0) is 24.2 Å². The molecule has 1 fully saturated rings. The van der Waals surface area contributed by atoms with Gasteiger partial charge in [-0.3, -0.25) is 5.41 Å². The molecule has 0 bridgehead atoms. The summed E-state index contributed by atoms with van der Waals surface area (Å²) in [4.78, 5) is 2.23.